The second-order valence-electron chi connectivity index (χ2n) is 5.75. The van der Waals surface area contributed by atoms with Crippen LogP contribution in [-0.4, -0.2) is 47.4 Å². The molecule has 2 saturated heterocycles. The summed E-state index contributed by atoms with van der Waals surface area (Å²) in [6.45, 7) is 3.88. The van der Waals surface area contributed by atoms with Crippen molar-refractivity contribution in [2.24, 2.45) is 0 Å². The molecule has 0 N–H and O–H groups in total. The van der Waals surface area contributed by atoms with Crippen LogP contribution in [0.3, 0.4) is 0 Å². The summed E-state index contributed by atoms with van der Waals surface area (Å²) in [5.74, 6) is 2.17. The van der Waals surface area contributed by atoms with Gasteiger partial charge in [-0.05, 0) is 37.9 Å². The zero-order chi connectivity index (χ0) is 14.1. The molecule has 0 saturated carbocycles. The van der Waals surface area contributed by atoms with Gasteiger partial charge >= 0.3 is 0 Å². The molecule has 6 heteroatoms. The Hall–Kier alpha value is -1.66. The quantitative estimate of drug-likeness (QED) is 0.864. The van der Waals surface area contributed by atoms with Crippen molar-refractivity contribution in [1.82, 2.24) is 15.1 Å². The van der Waals surface area contributed by atoms with Crippen molar-refractivity contribution in [3.8, 4) is 11.7 Å². The molecule has 0 amide bonds. The number of nitrogens with zero attached hydrogens (tertiary/aromatic N) is 3. The van der Waals surface area contributed by atoms with Crippen LogP contribution in [0.25, 0.3) is 11.7 Å². The Balaban J connectivity index is 1.43. The molecule has 21 heavy (non-hydrogen) atoms. The van der Waals surface area contributed by atoms with Gasteiger partial charge in [0.1, 0.15) is 0 Å². The molecule has 0 aromatic carbocycles. The molecular weight excluding hydrogens is 270 g/mol. The Morgan fingerprint density at radius 2 is 2.05 bits per heavy atom. The van der Waals surface area contributed by atoms with Gasteiger partial charge in [0.15, 0.2) is 5.76 Å². The van der Waals surface area contributed by atoms with E-state index in [2.05, 4.69) is 15.1 Å². The molecule has 2 aromatic heterocycles. The highest BCUT2D eigenvalue weighted by atomic mass is 16.5. The van der Waals surface area contributed by atoms with E-state index in [0.29, 0.717) is 23.6 Å². The van der Waals surface area contributed by atoms with E-state index in [1.807, 2.05) is 12.1 Å². The second kappa shape index (κ2) is 5.61. The van der Waals surface area contributed by atoms with Crippen LogP contribution in [0.1, 0.15) is 31.1 Å². The minimum absolute atomic E-state index is 0.337. The van der Waals surface area contributed by atoms with E-state index in [1.54, 1.807) is 6.26 Å². The van der Waals surface area contributed by atoms with E-state index < -0.39 is 0 Å². The molecule has 2 fully saturated rings. The molecule has 0 bridgehead atoms. The summed E-state index contributed by atoms with van der Waals surface area (Å²) in [6.07, 6.45) is 4.96. The number of hydrogen-bond donors (Lipinski definition) is 0. The molecule has 2 aliphatic heterocycles. The molecular formula is C15H19N3O3. The van der Waals surface area contributed by atoms with Crippen LogP contribution in [0, 0.1) is 0 Å². The fourth-order valence-electron chi connectivity index (χ4n) is 3.27. The molecule has 2 aromatic rings. The molecule has 2 aliphatic rings. The molecule has 0 aliphatic carbocycles. The van der Waals surface area contributed by atoms with E-state index >= 15 is 0 Å². The average Bonchev–Trinajstić information content (AvgIpc) is 3.27. The van der Waals surface area contributed by atoms with E-state index in [4.69, 9.17) is 13.6 Å². The lowest BCUT2D eigenvalue weighted by Gasteiger charge is -2.30. The number of furan rings is 1. The maximum Gasteiger partial charge on any atom is 0.283 e. The molecule has 4 rings (SSSR count). The van der Waals surface area contributed by atoms with Crippen molar-refractivity contribution < 1.29 is 13.6 Å². The maximum absolute atomic E-state index is 5.78. The summed E-state index contributed by atoms with van der Waals surface area (Å²) >= 11 is 0. The van der Waals surface area contributed by atoms with Crippen molar-refractivity contribution in [2.45, 2.75) is 31.2 Å². The number of ether oxygens (including phenoxy) is 1. The monoisotopic (exact) mass is 289 g/mol. The highest BCUT2D eigenvalue weighted by Gasteiger charge is 2.33. The van der Waals surface area contributed by atoms with E-state index in [1.165, 1.54) is 0 Å². The Kier molecular flexibility index (Phi) is 3.48. The third kappa shape index (κ3) is 2.61. The van der Waals surface area contributed by atoms with Crippen LogP contribution in [0.4, 0.5) is 0 Å². The minimum Gasteiger partial charge on any atom is -0.459 e. The summed E-state index contributed by atoms with van der Waals surface area (Å²) < 4.78 is 16.5. The zero-order valence-corrected chi connectivity index (χ0v) is 11.9. The predicted octanol–water partition coefficient (Wildman–Crippen LogP) is 2.30. The molecule has 6 nitrogen and oxygen atoms in total. The third-order valence-corrected chi connectivity index (χ3v) is 4.45. The highest BCUT2D eigenvalue weighted by molar-refractivity contribution is 5.42. The third-order valence-electron chi connectivity index (χ3n) is 4.45. The normalized spacial score (nSPS) is 24.7. The largest absolute Gasteiger partial charge is 0.459 e. The van der Waals surface area contributed by atoms with Crippen molar-refractivity contribution in [3.63, 3.8) is 0 Å². The van der Waals surface area contributed by atoms with Crippen molar-refractivity contribution >= 4 is 0 Å². The SMILES string of the molecule is c1coc(-c2nnc([C@H]3CCN(C4CCOCC4)C3)o2)c1. The van der Waals surface area contributed by atoms with Gasteiger partial charge in [0.25, 0.3) is 5.89 Å². The van der Waals surface area contributed by atoms with Crippen LogP contribution in [0.15, 0.2) is 27.2 Å². The Labute approximate surface area is 123 Å². The Bertz CT molecular complexity index is 575. The first-order chi connectivity index (χ1) is 10.4. The first kappa shape index (κ1) is 13.0. The van der Waals surface area contributed by atoms with Gasteiger partial charge in [-0.1, -0.05) is 0 Å². The Morgan fingerprint density at radius 1 is 1.14 bits per heavy atom. The number of likely N-dealkylation sites (tertiary alicyclic amines) is 1. The van der Waals surface area contributed by atoms with Crippen LogP contribution in [-0.2, 0) is 4.74 Å². The zero-order valence-electron chi connectivity index (χ0n) is 11.9. The lowest BCUT2D eigenvalue weighted by molar-refractivity contribution is 0.0417. The summed E-state index contributed by atoms with van der Waals surface area (Å²) in [5.41, 5.74) is 0. The molecule has 0 radical (unpaired) electrons. The molecule has 0 spiro atoms. The van der Waals surface area contributed by atoms with Gasteiger partial charge in [-0.2, -0.15) is 0 Å². The van der Waals surface area contributed by atoms with Gasteiger partial charge in [0, 0.05) is 25.8 Å². The van der Waals surface area contributed by atoms with Gasteiger partial charge < -0.3 is 13.6 Å². The summed E-state index contributed by atoms with van der Waals surface area (Å²) in [7, 11) is 0. The number of hydrogen-bond acceptors (Lipinski definition) is 6. The molecule has 112 valence electrons. The molecule has 1 atom stereocenters. The Morgan fingerprint density at radius 3 is 2.86 bits per heavy atom. The van der Waals surface area contributed by atoms with Gasteiger partial charge in [0.05, 0.1) is 12.2 Å². The number of rotatable bonds is 3. The number of aromatic nitrogens is 2. The summed E-state index contributed by atoms with van der Waals surface area (Å²) in [5, 5.41) is 8.30. The molecule has 4 heterocycles. The van der Waals surface area contributed by atoms with Crippen LogP contribution >= 0.6 is 0 Å². The van der Waals surface area contributed by atoms with Crippen LogP contribution in [0.5, 0.6) is 0 Å². The minimum atomic E-state index is 0.337. The smallest absolute Gasteiger partial charge is 0.283 e. The fourth-order valence-corrected chi connectivity index (χ4v) is 3.27. The summed E-state index contributed by atoms with van der Waals surface area (Å²) in [6, 6.07) is 4.30. The maximum atomic E-state index is 5.78. The van der Waals surface area contributed by atoms with Gasteiger partial charge in [-0.25, -0.2) is 0 Å². The first-order valence-corrected chi connectivity index (χ1v) is 7.59. The van der Waals surface area contributed by atoms with Crippen molar-refractivity contribution in [3.05, 3.63) is 24.3 Å². The van der Waals surface area contributed by atoms with Crippen LogP contribution in [0.2, 0.25) is 0 Å². The predicted molar refractivity (Wildman–Crippen MR) is 74.8 cm³/mol. The first-order valence-electron chi connectivity index (χ1n) is 7.59. The fraction of sp³-hybridized carbons (Fsp3) is 0.600. The molecule has 0 unspecified atom stereocenters. The van der Waals surface area contributed by atoms with Crippen molar-refractivity contribution in [2.75, 3.05) is 26.3 Å². The van der Waals surface area contributed by atoms with Gasteiger partial charge in [-0.3, -0.25) is 4.90 Å². The average molecular weight is 289 g/mol. The topological polar surface area (TPSA) is 64.5 Å². The standard InChI is InChI=1S/C15H19N3O3/c1-2-13(20-7-1)15-17-16-14(21-15)11-3-6-18(10-11)12-4-8-19-9-5-12/h1-2,7,11-12H,3-6,8-10H2/t11-/m0/s1. The highest BCUT2D eigenvalue weighted by Crippen LogP contribution is 2.31. The van der Waals surface area contributed by atoms with Gasteiger partial charge in [0.2, 0.25) is 5.89 Å². The lowest BCUT2D eigenvalue weighted by atomic mass is 10.1. The van der Waals surface area contributed by atoms with E-state index in [0.717, 1.165) is 51.5 Å². The van der Waals surface area contributed by atoms with E-state index in [-0.39, 0.29) is 0 Å². The van der Waals surface area contributed by atoms with Crippen molar-refractivity contribution in [1.29, 1.82) is 0 Å². The summed E-state index contributed by atoms with van der Waals surface area (Å²) in [4.78, 5) is 2.55. The van der Waals surface area contributed by atoms with Crippen LogP contribution < -0.4 is 0 Å². The van der Waals surface area contributed by atoms with E-state index in [9.17, 15) is 0 Å². The lowest BCUT2D eigenvalue weighted by Crippen LogP contribution is -2.37. The van der Waals surface area contributed by atoms with Gasteiger partial charge in [-0.15, -0.1) is 10.2 Å². The second-order valence-corrected chi connectivity index (χ2v) is 5.75.